The number of benzene rings is 2. The number of nitrogens with zero attached hydrogens (tertiary/aromatic N) is 3. The highest BCUT2D eigenvalue weighted by molar-refractivity contribution is 8.02. The Morgan fingerprint density at radius 1 is 1.04 bits per heavy atom. The number of fused-ring (bicyclic) bond motifs is 1. The molecule has 1 N–H and O–H groups in total. The minimum absolute atomic E-state index is 0.0965. The van der Waals surface area contributed by atoms with Crippen LogP contribution in [0.15, 0.2) is 96.5 Å². The number of rotatable bonds is 9. The van der Waals surface area contributed by atoms with Crippen LogP contribution in [-0.2, 0) is 28.6 Å². The maximum Gasteiger partial charge on any atom is 0.410 e. The normalized spacial score (nSPS) is 25.1. The van der Waals surface area contributed by atoms with Gasteiger partial charge in [0.05, 0.1) is 6.04 Å². The molecule has 2 aromatic carbocycles. The van der Waals surface area contributed by atoms with Crippen LogP contribution in [0, 0.1) is 0 Å². The van der Waals surface area contributed by atoms with E-state index in [0.29, 0.717) is 38.0 Å². The quantitative estimate of drug-likeness (QED) is 0.126. The van der Waals surface area contributed by atoms with E-state index in [1.165, 1.54) is 22.7 Å². The summed E-state index contributed by atoms with van der Waals surface area (Å²) in [5, 5.41) is 3.69. The number of carbonyl (C=O) groups excluding carboxylic acids is 5. The van der Waals surface area contributed by atoms with Crippen molar-refractivity contribution in [3.63, 3.8) is 0 Å². The van der Waals surface area contributed by atoms with Crippen molar-refractivity contribution < 1.29 is 38.2 Å². The molecule has 0 aliphatic carbocycles. The summed E-state index contributed by atoms with van der Waals surface area (Å²) in [5.41, 5.74) is -0.772. The zero-order chi connectivity index (χ0) is 36.3. The number of amides is 4. The molecule has 0 bridgehead atoms. The summed E-state index contributed by atoms with van der Waals surface area (Å²) in [6.07, 6.45) is 3.49. The summed E-state index contributed by atoms with van der Waals surface area (Å²) < 4.78 is 16.9. The standard InChI is InChI=1S/C38H42N4O8S/c1-5-21-48-36(47)40-19-17-28(24-40)41-20-16-27(31(41)43)23-38(18-22-51-33-29(32(44)42(33)38)39-35(46)50-37(2,3)4)34(45)49-30(25-12-8-6-9-13-25)26-14-10-7-11-15-26/h5-15,18,22-23,28-30,33H,1,16-17,19-21,24H2,2-4H3,(H,39,46)/t28-,29?,33?,38?/m0/s1. The molecule has 4 amide bonds. The molecule has 3 unspecified atom stereocenters. The molecule has 51 heavy (non-hydrogen) atoms. The highest BCUT2D eigenvalue weighted by atomic mass is 32.2. The van der Waals surface area contributed by atoms with Gasteiger partial charge in [0.2, 0.25) is 5.91 Å². The summed E-state index contributed by atoms with van der Waals surface area (Å²) in [4.78, 5) is 72.6. The molecule has 3 saturated heterocycles. The average Bonchev–Trinajstić information content (AvgIpc) is 3.74. The van der Waals surface area contributed by atoms with Crippen molar-refractivity contribution in [1.29, 1.82) is 0 Å². The van der Waals surface area contributed by atoms with E-state index < -0.39 is 52.7 Å². The van der Waals surface area contributed by atoms with Crippen molar-refractivity contribution in [1.82, 2.24) is 20.0 Å². The highest BCUT2D eigenvalue weighted by Gasteiger charge is 2.62. The van der Waals surface area contributed by atoms with E-state index in [4.69, 9.17) is 14.2 Å². The van der Waals surface area contributed by atoms with Gasteiger partial charge >= 0.3 is 18.2 Å². The molecule has 0 radical (unpaired) electrons. The zero-order valence-corrected chi connectivity index (χ0v) is 29.7. The van der Waals surface area contributed by atoms with E-state index in [1.807, 2.05) is 60.7 Å². The largest absolute Gasteiger partial charge is 0.450 e. The van der Waals surface area contributed by atoms with Crippen molar-refractivity contribution in [2.45, 2.75) is 68.3 Å². The van der Waals surface area contributed by atoms with E-state index >= 15 is 0 Å². The number of ether oxygens (including phenoxy) is 3. The second-order valence-electron chi connectivity index (χ2n) is 13.8. The molecule has 268 valence electrons. The Bertz CT molecular complexity index is 1700. The van der Waals surface area contributed by atoms with E-state index in [9.17, 15) is 24.0 Å². The van der Waals surface area contributed by atoms with Crippen LogP contribution < -0.4 is 5.32 Å². The van der Waals surface area contributed by atoms with Crippen LogP contribution in [0.4, 0.5) is 9.59 Å². The second kappa shape index (κ2) is 14.7. The van der Waals surface area contributed by atoms with Crippen LogP contribution in [0.25, 0.3) is 0 Å². The molecule has 0 aromatic heterocycles. The SMILES string of the molecule is C=CCOC(=O)N1CC[C@H](N2CCC(=CC3(C(=O)OC(c4ccccc4)c4ccccc4)C=CSC4C(NC(=O)OC(C)(C)C)C(=O)N43)C2=O)C1. The van der Waals surface area contributed by atoms with E-state index in [1.54, 1.807) is 48.1 Å². The predicted molar refractivity (Wildman–Crippen MR) is 190 cm³/mol. The highest BCUT2D eigenvalue weighted by Crippen LogP contribution is 2.45. The third kappa shape index (κ3) is 7.39. The van der Waals surface area contributed by atoms with E-state index in [-0.39, 0.29) is 18.6 Å². The van der Waals surface area contributed by atoms with Crippen molar-refractivity contribution in [3.05, 3.63) is 108 Å². The third-order valence-electron chi connectivity index (χ3n) is 9.15. The van der Waals surface area contributed by atoms with Crippen LogP contribution in [0.1, 0.15) is 50.8 Å². The van der Waals surface area contributed by atoms with Gasteiger partial charge in [-0.05, 0) is 62.3 Å². The summed E-state index contributed by atoms with van der Waals surface area (Å²) in [7, 11) is 0. The molecular weight excluding hydrogens is 673 g/mol. The molecule has 4 aliphatic rings. The first-order valence-electron chi connectivity index (χ1n) is 16.9. The molecule has 4 heterocycles. The first kappa shape index (κ1) is 35.8. The Labute approximate surface area is 301 Å². The lowest BCUT2D eigenvalue weighted by Crippen LogP contribution is -2.77. The van der Waals surface area contributed by atoms with Crippen molar-refractivity contribution in [3.8, 4) is 0 Å². The van der Waals surface area contributed by atoms with Crippen LogP contribution in [-0.4, -0.2) is 99.5 Å². The van der Waals surface area contributed by atoms with Gasteiger partial charge in [0.15, 0.2) is 11.6 Å². The molecule has 12 nitrogen and oxygen atoms in total. The fraction of sp³-hybridized carbons (Fsp3) is 0.395. The Morgan fingerprint density at radius 2 is 1.71 bits per heavy atom. The molecule has 13 heteroatoms. The molecule has 3 fully saturated rings. The van der Waals surface area contributed by atoms with Crippen molar-refractivity contribution in [2.24, 2.45) is 0 Å². The average molecular weight is 715 g/mol. The number of hydrogen-bond acceptors (Lipinski definition) is 9. The fourth-order valence-electron chi connectivity index (χ4n) is 6.76. The first-order valence-corrected chi connectivity index (χ1v) is 17.9. The van der Waals surface area contributed by atoms with Crippen LogP contribution >= 0.6 is 11.8 Å². The van der Waals surface area contributed by atoms with Gasteiger partial charge in [-0.3, -0.25) is 9.59 Å². The number of alkyl carbamates (subject to hydrolysis) is 1. The molecule has 4 aliphatic heterocycles. The molecular formula is C38H42N4O8S. The zero-order valence-electron chi connectivity index (χ0n) is 28.9. The van der Waals surface area contributed by atoms with Gasteiger partial charge in [-0.1, -0.05) is 73.3 Å². The molecule has 6 rings (SSSR count). The molecule has 0 saturated carbocycles. The lowest BCUT2D eigenvalue weighted by Gasteiger charge is -2.55. The summed E-state index contributed by atoms with van der Waals surface area (Å²) in [6, 6.07) is 17.4. The van der Waals surface area contributed by atoms with Gasteiger partial charge < -0.3 is 34.2 Å². The van der Waals surface area contributed by atoms with Crippen LogP contribution in [0.2, 0.25) is 0 Å². The van der Waals surface area contributed by atoms with Crippen LogP contribution in [0.5, 0.6) is 0 Å². The Balaban J connectivity index is 1.31. The number of nitrogens with one attached hydrogen (secondary N) is 1. The lowest BCUT2D eigenvalue weighted by molar-refractivity contribution is -0.170. The van der Waals surface area contributed by atoms with Gasteiger partial charge in [0.1, 0.15) is 23.6 Å². The van der Waals surface area contributed by atoms with Crippen LogP contribution in [0.3, 0.4) is 0 Å². The van der Waals surface area contributed by atoms with Crippen molar-refractivity contribution in [2.75, 3.05) is 26.2 Å². The number of thioether (sulfide) groups is 1. The molecule has 2 aromatic rings. The maximum absolute atomic E-state index is 14.7. The van der Waals surface area contributed by atoms with Crippen molar-refractivity contribution >= 4 is 41.7 Å². The summed E-state index contributed by atoms with van der Waals surface area (Å²) in [5.74, 6) is -1.54. The van der Waals surface area contributed by atoms with Gasteiger partial charge in [0.25, 0.3) is 5.91 Å². The Kier molecular flexibility index (Phi) is 10.3. The molecule has 4 atom stereocenters. The topological polar surface area (TPSA) is 135 Å². The fourth-order valence-corrected chi connectivity index (χ4v) is 7.95. The maximum atomic E-state index is 14.7. The number of esters is 1. The van der Waals surface area contributed by atoms with Gasteiger partial charge in [-0.15, -0.1) is 11.8 Å². The minimum atomic E-state index is -1.79. The number of carbonyl (C=O) groups is 5. The smallest absolute Gasteiger partial charge is 0.410 e. The number of β-lactam (4-membered cyclic amide) rings is 1. The predicted octanol–water partition coefficient (Wildman–Crippen LogP) is 4.94. The van der Waals surface area contributed by atoms with Gasteiger partial charge in [-0.25, -0.2) is 14.4 Å². The minimum Gasteiger partial charge on any atom is -0.450 e. The lowest BCUT2D eigenvalue weighted by atomic mass is 9.87. The van der Waals surface area contributed by atoms with E-state index in [0.717, 1.165) is 11.1 Å². The third-order valence-corrected chi connectivity index (χ3v) is 10.2. The van der Waals surface area contributed by atoms with Gasteiger partial charge in [0, 0.05) is 25.2 Å². The van der Waals surface area contributed by atoms with Gasteiger partial charge in [-0.2, -0.15) is 0 Å². The number of likely N-dealkylation sites (tertiary alicyclic amines) is 2. The van der Waals surface area contributed by atoms with E-state index in [2.05, 4.69) is 11.9 Å². The summed E-state index contributed by atoms with van der Waals surface area (Å²) >= 11 is 1.27. The Morgan fingerprint density at radius 3 is 2.33 bits per heavy atom. The molecule has 0 spiro atoms. The number of hydrogen-bond donors (Lipinski definition) is 1. The Hall–Kier alpha value is -5.04. The monoisotopic (exact) mass is 714 g/mol. The summed E-state index contributed by atoms with van der Waals surface area (Å²) in [6.45, 7) is 9.98. The second-order valence-corrected chi connectivity index (χ2v) is 14.8. The first-order chi connectivity index (χ1) is 24.4.